The van der Waals surface area contributed by atoms with Crippen molar-refractivity contribution in [3.63, 3.8) is 0 Å². The first-order chi connectivity index (χ1) is 18.5. The topological polar surface area (TPSA) is 84.1 Å². The van der Waals surface area contributed by atoms with Crippen LogP contribution < -0.4 is 14.2 Å². The number of rotatable bonds is 6. The van der Waals surface area contributed by atoms with Gasteiger partial charge in [-0.1, -0.05) is 36.4 Å². The Morgan fingerprint density at radius 1 is 0.895 bits per heavy atom. The van der Waals surface area contributed by atoms with Crippen LogP contribution in [0.3, 0.4) is 0 Å². The van der Waals surface area contributed by atoms with Gasteiger partial charge in [-0.15, -0.1) is 0 Å². The predicted octanol–water partition coefficient (Wildman–Crippen LogP) is 4.08. The highest BCUT2D eigenvalue weighted by Crippen LogP contribution is 2.44. The van der Waals surface area contributed by atoms with Crippen LogP contribution in [0.4, 0.5) is 0 Å². The van der Waals surface area contributed by atoms with Gasteiger partial charge in [0.15, 0.2) is 11.5 Å². The summed E-state index contributed by atoms with van der Waals surface area (Å²) in [6, 6.07) is 20.2. The lowest BCUT2D eigenvalue weighted by molar-refractivity contribution is -0.159. The molecule has 8 nitrogen and oxygen atoms in total. The summed E-state index contributed by atoms with van der Waals surface area (Å²) in [7, 11) is 4.79. The largest absolute Gasteiger partial charge is 0.497 e. The molecule has 38 heavy (non-hydrogen) atoms. The van der Waals surface area contributed by atoms with E-state index in [1.165, 1.54) is 0 Å². The molecule has 2 atom stereocenters. The zero-order chi connectivity index (χ0) is 26.4. The van der Waals surface area contributed by atoms with Crippen LogP contribution in [0.25, 0.3) is 10.9 Å². The lowest BCUT2D eigenvalue weighted by Crippen LogP contribution is -2.62. The number of nitrogens with one attached hydrogen (secondary N) is 1. The van der Waals surface area contributed by atoms with E-state index in [-0.39, 0.29) is 18.4 Å². The summed E-state index contributed by atoms with van der Waals surface area (Å²) in [6.07, 6.45) is 0.447. The molecule has 0 aliphatic carbocycles. The van der Waals surface area contributed by atoms with Gasteiger partial charge in [-0.25, -0.2) is 0 Å². The molecule has 1 saturated heterocycles. The summed E-state index contributed by atoms with van der Waals surface area (Å²) in [5, 5.41) is 1.07. The number of carbonyl (C=O) groups excluding carboxylic acids is 2. The number of para-hydroxylation sites is 1. The van der Waals surface area contributed by atoms with Crippen LogP contribution in [-0.4, -0.2) is 60.5 Å². The molecule has 0 spiro atoms. The molecular formula is C30H29N3O5. The molecule has 0 bridgehead atoms. The van der Waals surface area contributed by atoms with Crippen LogP contribution in [0, 0.1) is 0 Å². The molecule has 6 rings (SSSR count). The van der Waals surface area contributed by atoms with E-state index in [9.17, 15) is 9.59 Å². The zero-order valence-corrected chi connectivity index (χ0v) is 21.6. The van der Waals surface area contributed by atoms with Gasteiger partial charge >= 0.3 is 0 Å². The second-order valence-corrected chi connectivity index (χ2v) is 9.65. The van der Waals surface area contributed by atoms with Crippen molar-refractivity contribution >= 4 is 22.7 Å². The van der Waals surface area contributed by atoms with Gasteiger partial charge in [0.2, 0.25) is 11.8 Å². The number of hydrogen-bond donors (Lipinski definition) is 1. The van der Waals surface area contributed by atoms with Crippen molar-refractivity contribution in [3.8, 4) is 17.2 Å². The highest BCUT2D eigenvalue weighted by Gasteiger charge is 2.48. The maximum Gasteiger partial charge on any atom is 0.246 e. The van der Waals surface area contributed by atoms with Gasteiger partial charge in [0, 0.05) is 29.6 Å². The SMILES string of the molecule is COc1cccc(CN2CC(=O)N3C(Cc4c([nH]c5ccccc45)C3c3ccc(OC)c(OC)c3)C2=O)c1. The Kier molecular flexibility index (Phi) is 5.94. The van der Waals surface area contributed by atoms with Gasteiger partial charge < -0.3 is 29.0 Å². The highest BCUT2D eigenvalue weighted by atomic mass is 16.5. The average molecular weight is 512 g/mol. The quantitative estimate of drug-likeness (QED) is 0.422. The molecule has 4 aromatic rings. The monoisotopic (exact) mass is 511 g/mol. The van der Waals surface area contributed by atoms with Gasteiger partial charge in [0.25, 0.3) is 0 Å². The van der Waals surface area contributed by atoms with Gasteiger partial charge in [0.1, 0.15) is 18.3 Å². The van der Waals surface area contributed by atoms with Crippen LogP contribution >= 0.6 is 0 Å². The van der Waals surface area contributed by atoms with Crippen LogP contribution in [0.2, 0.25) is 0 Å². The van der Waals surface area contributed by atoms with E-state index in [1.54, 1.807) is 31.1 Å². The molecule has 2 unspecified atom stereocenters. The number of ether oxygens (including phenoxy) is 3. The number of benzene rings is 3. The number of fused-ring (bicyclic) bond motifs is 4. The summed E-state index contributed by atoms with van der Waals surface area (Å²) in [5.41, 5.74) is 4.74. The first kappa shape index (κ1) is 23.9. The van der Waals surface area contributed by atoms with Gasteiger partial charge in [-0.2, -0.15) is 0 Å². The Morgan fingerprint density at radius 3 is 2.50 bits per heavy atom. The van der Waals surface area contributed by atoms with Crippen LogP contribution in [0.15, 0.2) is 66.7 Å². The van der Waals surface area contributed by atoms with E-state index in [0.717, 1.165) is 39.0 Å². The third kappa shape index (κ3) is 3.84. The van der Waals surface area contributed by atoms with Crippen LogP contribution in [0.1, 0.15) is 28.4 Å². The average Bonchev–Trinajstić information content (AvgIpc) is 3.32. The number of amides is 2. The molecule has 0 saturated carbocycles. The number of nitrogens with zero attached hydrogens (tertiary/aromatic N) is 2. The summed E-state index contributed by atoms with van der Waals surface area (Å²) >= 11 is 0. The maximum absolute atomic E-state index is 14.0. The number of H-pyrrole nitrogens is 1. The number of carbonyl (C=O) groups is 2. The Balaban J connectivity index is 1.44. The number of aromatic amines is 1. The second kappa shape index (κ2) is 9.45. The van der Waals surface area contributed by atoms with Crippen LogP contribution in [0.5, 0.6) is 17.2 Å². The lowest BCUT2D eigenvalue weighted by Gasteiger charge is -2.47. The Hall–Kier alpha value is -4.46. The molecule has 1 aromatic heterocycles. The third-order valence-electron chi connectivity index (χ3n) is 7.57. The smallest absolute Gasteiger partial charge is 0.246 e. The van der Waals surface area contributed by atoms with E-state index in [0.29, 0.717) is 24.5 Å². The van der Waals surface area contributed by atoms with Crippen LogP contribution in [-0.2, 0) is 22.6 Å². The van der Waals surface area contributed by atoms with Crippen molar-refractivity contribution < 1.29 is 23.8 Å². The fourth-order valence-electron chi connectivity index (χ4n) is 5.82. The molecule has 1 N–H and O–H groups in total. The molecule has 3 heterocycles. The minimum Gasteiger partial charge on any atom is -0.497 e. The zero-order valence-electron chi connectivity index (χ0n) is 21.6. The molecule has 2 aliphatic heterocycles. The molecule has 8 heteroatoms. The van der Waals surface area contributed by atoms with Crippen molar-refractivity contribution in [2.24, 2.45) is 0 Å². The van der Waals surface area contributed by atoms with Crippen molar-refractivity contribution in [2.75, 3.05) is 27.9 Å². The Bertz CT molecular complexity index is 1540. The maximum atomic E-state index is 14.0. The summed E-state index contributed by atoms with van der Waals surface area (Å²) < 4.78 is 16.4. The minimum atomic E-state index is -0.619. The van der Waals surface area contributed by atoms with Gasteiger partial charge in [0.05, 0.1) is 27.4 Å². The van der Waals surface area contributed by atoms with E-state index < -0.39 is 12.1 Å². The van der Waals surface area contributed by atoms with E-state index in [1.807, 2.05) is 60.7 Å². The summed E-state index contributed by atoms with van der Waals surface area (Å²) in [4.78, 5) is 34.8. The van der Waals surface area contributed by atoms with E-state index >= 15 is 0 Å². The standard InChI is InChI=1S/C30H29N3O5/c1-36-20-8-6-7-18(13-20)16-32-17-27(34)33-24(30(32)35)15-22-21-9-4-5-10-23(21)31-28(22)29(33)19-11-12-25(37-2)26(14-19)38-3/h4-14,24,29,31H,15-17H2,1-3H3. The fraction of sp³-hybridized carbons (Fsp3) is 0.267. The van der Waals surface area contributed by atoms with Crippen molar-refractivity contribution in [2.45, 2.75) is 25.0 Å². The first-order valence-corrected chi connectivity index (χ1v) is 12.6. The van der Waals surface area contributed by atoms with E-state index in [4.69, 9.17) is 14.2 Å². The van der Waals surface area contributed by atoms with Gasteiger partial charge in [-0.3, -0.25) is 9.59 Å². The molecule has 3 aromatic carbocycles. The normalized spacial score (nSPS) is 18.8. The fourth-order valence-corrected chi connectivity index (χ4v) is 5.82. The second-order valence-electron chi connectivity index (χ2n) is 9.65. The minimum absolute atomic E-state index is 0.00585. The highest BCUT2D eigenvalue weighted by molar-refractivity contribution is 5.97. The first-order valence-electron chi connectivity index (χ1n) is 12.6. The lowest BCUT2D eigenvalue weighted by atomic mass is 9.86. The number of aromatic nitrogens is 1. The Labute approximate surface area is 220 Å². The summed E-state index contributed by atoms with van der Waals surface area (Å²) in [5.74, 6) is 1.73. The third-order valence-corrected chi connectivity index (χ3v) is 7.57. The summed E-state index contributed by atoms with van der Waals surface area (Å²) in [6.45, 7) is 0.347. The molecule has 0 radical (unpaired) electrons. The predicted molar refractivity (Wildman–Crippen MR) is 142 cm³/mol. The Morgan fingerprint density at radius 2 is 1.71 bits per heavy atom. The van der Waals surface area contributed by atoms with Gasteiger partial charge in [-0.05, 0) is 47.0 Å². The van der Waals surface area contributed by atoms with Crippen molar-refractivity contribution in [3.05, 3.63) is 89.1 Å². The number of hydrogen-bond acceptors (Lipinski definition) is 5. The molecule has 1 fully saturated rings. The number of piperazine rings is 1. The number of methoxy groups -OCH3 is 3. The molecule has 2 amide bonds. The molecule has 2 aliphatic rings. The van der Waals surface area contributed by atoms with Crippen molar-refractivity contribution in [1.29, 1.82) is 0 Å². The van der Waals surface area contributed by atoms with E-state index in [2.05, 4.69) is 11.1 Å². The molecular weight excluding hydrogens is 482 g/mol. The van der Waals surface area contributed by atoms with Crippen molar-refractivity contribution in [1.82, 2.24) is 14.8 Å². The molecule has 194 valence electrons.